The zero-order valence-electron chi connectivity index (χ0n) is 12.4. The van der Waals surface area contributed by atoms with E-state index in [4.69, 9.17) is 5.73 Å². The van der Waals surface area contributed by atoms with Crippen LogP contribution in [0.15, 0.2) is 24.3 Å². The number of hydrogen-bond acceptors (Lipinski definition) is 2. The summed E-state index contributed by atoms with van der Waals surface area (Å²) in [5.74, 6) is 0.931. The first-order valence-electron chi connectivity index (χ1n) is 7.66. The Morgan fingerprint density at radius 1 is 1.21 bits per heavy atom. The third kappa shape index (κ3) is 4.63. The minimum absolute atomic E-state index is 0.173. The van der Waals surface area contributed by atoms with E-state index in [0.29, 0.717) is 0 Å². The Morgan fingerprint density at radius 2 is 1.84 bits per heavy atom. The first-order chi connectivity index (χ1) is 9.15. The van der Waals surface area contributed by atoms with Gasteiger partial charge in [0.1, 0.15) is 0 Å². The van der Waals surface area contributed by atoms with Crippen molar-refractivity contribution >= 4 is 0 Å². The van der Waals surface area contributed by atoms with E-state index in [1.165, 1.54) is 43.4 Å². The van der Waals surface area contributed by atoms with Crippen LogP contribution in [0.25, 0.3) is 0 Å². The highest BCUT2D eigenvalue weighted by Gasteiger charge is 2.17. The van der Waals surface area contributed by atoms with E-state index in [1.54, 1.807) is 0 Å². The van der Waals surface area contributed by atoms with Crippen LogP contribution in [0.3, 0.4) is 0 Å². The van der Waals surface area contributed by atoms with Crippen LogP contribution >= 0.6 is 0 Å². The minimum atomic E-state index is 0.173. The molecular weight excluding hydrogens is 232 g/mol. The van der Waals surface area contributed by atoms with Crippen LogP contribution in [0.5, 0.6) is 0 Å². The predicted octanol–water partition coefficient (Wildman–Crippen LogP) is 3.51. The van der Waals surface area contributed by atoms with Gasteiger partial charge in [-0.25, -0.2) is 0 Å². The largest absolute Gasteiger partial charge is 0.324 e. The zero-order valence-corrected chi connectivity index (χ0v) is 12.4. The Hall–Kier alpha value is -0.860. The monoisotopic (exact) mass is 260 g/mol. The fraction of sp³-hybridized carbons (Fsp3) is 0.647. The van der Waals surface area contributed by atoms with Crippen molar-refractivity contribution in [1.29, 1.82) is 0 Å². The van der Waals surface area contributed by atoms with Crippen LogP contribution in [0.1, 0.15) is 49.3 Å². The molecule has 0 bridgehead atoms. The lowest BCUT2D eigenvalue weighted by Gasteiger charge is -2.22. The van der Waals surface area contributed by atoms with Crippen molar-refractivity contribution in [2.75, 3.05) is 20.1 Å². The molecular formula is C17H28N2. The summed E-state index contributed by atoms with van der Waals surface area (Å²) in [6, 6.07) is 8.80. The molecule has 2 nitrogen and oxygen atoms in total. The van der Waals surface area contributed by atoms with Gasteiger partial charge in [0.05, 0.1) is 0 Å². The van der Waals surface area contributed by atoms with Gasteiger partial charge in [-0.15, -0.1) is 0 Å². The fourth-order valence-corrected chi connectivity index (χ4v) is 3.06. The molecule has 1 atom stereocenters. The molecule has 0 heterocycles. The number of hydrogen-bond donors (Lipinski definition) is 1. The molecule has 1 fully saturated rings. The van der Waals surface area contributed by atoms with E-state index in [-0.39, 0.29) is 6.04 Å². The Bertz CT molecular complexity index is 365. The van der Waals surface area contributed by atoms with E-state index < -0.39 is 0 Å². The maximum Gasteiger partial charge on any atom is 0.0307 e. The summed E-state index contributed by atoms with van der Waals surface area (Å²) in [5.41, 5.74) is 8.84. The molecule has 1 aromatic rings. The maximum atomic E-state index is 6.27. The Morgan fingerprint density at radius 3 is 2.47 bits per heavy atom. The second-order valence-electron chi connectivity index (χ2n) is 6.22. The van der Waals surface area contributed by atoms with Gasteiger partial charge >= 0.3 is 0 Å². The maximum absolute atomic E-state index is 6.27. The number of aryl methyl sites for hydroxylation is 1. The summed E-state index contributed by atoms with van der Waals surface area (Å²) in [4.78, 5) is 2.46. The third-order valence-corrected chi connectivity index (χ3v) is 4.37. The topological polar surface area (TPSA) is 29.3 Å². The molecule has 0 aromatic heterocycles. The quantitative estimate of drug-likeness (QED) is 0.848. The van der Waals surface area contributed by atoms with Gasteiger partial charge < -0.3 is 10.6 Å². The fourth-order valence-electron chi connectivity index (χ4n) is 3.06. The standard InChI is InChI=1S/C17H28N2/c1-14-7-9-16(10-8-14)17(18)11-12-19(2)13-15-5-3-4-6-15/h7-10,15,17H,3-6,11-13,18H2,1-2H3. The molecule has 19 heavy (non-hydrogen) atoms. The molecule has 106 valence electrons. The summed E-state index contributed by atoms with van der Waals surface area (Å²) in [7, 11) is 2.24. The molecule has 0 spiro atoms. The second kappa shape index (κ2) is 7.06. The summed E-state index contributed by atoms with van der Waals surface area (Å²) in [5, 5.41) is 0. The van der Waals surface area contributed by atoms with Crippen molar-refractivity contribution in [1.82, 2.24) is 4.90 Å². The summed E-state index contributed by atoms with van der Waals surface area (Å²) >= 11 is 0. The van der Waals surface area contributed by atoms with Crippen LogP contribution < -0.4 is 5.73 Å². The van der Waals surface area contributed by atoms with Gasteiger partial charge in [-0.3, -0.25) is 0 Å². The van der Waals surface area contributed by atoms with E-state index in [9.17, 15) is 0 Å². The summed E-state index contributed by atoms with van der Waals surface area (Å²) in [6.45, 7) is 4.47. The van der Waals surface area contributed by atoms with Gasteiger partial charge in [-0.05, 0) is 51.3 Å². The number of benzene rings is 1. The van der Waals surface area contributed by atoms with E-state index in [2.05, 4.69) is 43.1 Å². The number of rotatable bonds is 6. The van der Waals surface area contributed by atoms with Gasteiger partial charge in [0.2, 0.25) is 0 Å². The Balaban J connectivity index is 1.73. The first-order valence-corrected chi connectivity index (χ1v) is 7.66. The second-order valence-corrected chi connectivity index (χ2v) is 6.22. The lowest BCUT2D eigenvalue weighted by molar-refractivity contribution is 0.268. The number of nitrogens with two attached hydrogens (primary N) is 1. The van der Waals surface area contributed by atoms with Crippen LogP contribution in [0.2, 0.25) is 0 Å². The average molecular weight is 260 g/mol. The summed E-state index contributed by atoms with van der Waals surface area (Å²) < 4.78 is 0. The summed E-state index contributed by atoms with van der Waals surface area (Å²) in [6.07, 6.45) is 6.76. The molecule has 2 rings (SSSR count). The van der Waals surface area contributed by atoms with Gasteiger partial charge in [0.15, 0.2) is 0 Å². The highest BCUT2D eigenvalue weighted by Crippen LogP contribution is 2.25. The Labute approximate surface area is 118 Å². The van der Waals surface area contributed by atoms with E-state index in [1.807, 2.05) is 0 Å². The zero-order chi connectivity index (χ0) is 13.7. The SMILES string of the molecule is Cc1ccc(C(N)CCN(C)CC2CCCC2)cc1. The van der Waals surface area contributed by atoms with Crippen LogP contribution in [-0.4, -0.2) is 25.0 Å². The molecule has 1 aromatic carbocycles. The highest BCUT2D eigenvalue weighted by molar-refractivity contribution is 5.23. The van der Waals surface area contributed by atoms with Crippen molar-refractivity contribution in [3.8, 4) is 0 Å². The van der Waals surface area contributed by atoms with Crippen LogP contribution in [0.4, 0.5) is 0 Å². The van der Waals surface area contributed by atoms with Crippen molar-refractivity contribution in [2.24, 2.45) is 11.7 Å². The molecule has 1 unspecified atom stereocenters. The van der Waals surface area contributed by atoms with Gasteiger partial charge in [0, 0.05) is 12.6 Å². The molecule has 0 saturated heterocycles. The van der Waals surface area contributed by atoms with Crippen molar-refractivity contribution in [2.45, 2.75) is 45.1 Å². The third-order valence-electron chi connectivity index (χ3n) is 4.37. The van der Waals surface area contributed by atoms with Gasteiger partial charge in [-0.1, -0.05) is 42.7 Å². The van der Waals surface area contributed by atoms with E-state index in [0.717, 1.165) is 18.9 Å². The average Bonchev–Trinajstić information content (AvgIpc) is 2.89. The molecule has 2 heteroatoms. The lowest BCUT2D eigenvalue weighted by Crippen LogP contribution is -2.28. The Kier molecular flexibility index (Phi) is 5.41. The smallest absolute Gasteiger partial charge is 0.0307 e. The molecule has 1 aliphatic carbocycles. The van der Waals surface area contributed by atoms with Gasteiger partial charge in [0.25, 0.3) is 0 Å². The molecule has 0 radical (unpaired) electrons. The van der Waals surface area contributed by atoms with Crippen molar-refractivity contribution < 1.29 is 0 Å². The molecule has 2 N–H and O–H groups in total. The lowest BCUT2D eigenvalue weighted by atomic mass is 10.0. The number of nitrogens with zero attached hydrogens (tertiary/aromatic N) is 1. The van der Waals surface area contributed by atoms with Gasteiger partial charge in [-0.2, -0.15) is 0 Å². The first kappa shape index (κ1) is 14.5. The predicted molar refractivity (Wildman–Crippen MR) is 82.2 cm³/mol. The molecule has 1 aliphatic rings. The van der Waals surface area contributed by atoms with Crippen LogP contribution in [-0.2, 0) is 0 Å². The van der Waals surface area contributed by atoms with Crippen LogP contribution in [0, 0.1) is 12.8 Å². The van der Waals surface area contributed by atoms with Crippen molar-refractivity contribution in [3.63, 3.8) is 0 Å². The minimum Gasteiger partial charge on any atom is -0.324 e. The molecule has 1 saturated carbocycles. The highest BCUT2D eigenvalue weighted by atomic mass is 15.1. The normalized spacial score (nSPS) is 18.1. The van der Waals surface area contributed by atoms with E-state index >= 15 is 0 Å². The molecule has 0 amide bonds. The molecule has 0 aliphatic heterocycles. The van der Waals surface area contributed by atoms with Crippen molar-refractivity contribution in [3.05, 3.63) is 35.4 Å².